The lowest BCUT2D eigenvalue weighted by atomic mass is 10.1. The maximum absolute atomic E-state index is 13.0. The first-order valence-corrected chi connectivity index (χ1v) is 10.9. The van der Waals surface area contributed by atoms with Gasteiger partial charge in [-0.2, -0.15) is 0 Å². The average molecular weight is 458 g/mol. The van der Waals surface area contributed by atoms with Gasteiger partial charge in [-0.1, -0.05) is 54.6 Å². The van der Waals surface area contributed by atoms with Gasteiger partial charge in [0.25, 0.3) is 5.91 Å². The predicted octanol–water partition coefficient (Wildman–Crippen LogP) is 4.71. The van der Waals surface area contributed by atoms with Crippen molar-refractivity contribution >= 4 is 23.0 Å². The van der Waals surface area contributed by atoms with Crippen LogP contribution < -0.4 is 19.5 Å². The molecule has 0 saturated heterocycles. The summed E-state index contributed by atoms with van der Waals surface area (Å²) in [7, 11) is 4.56. The van der Waals surface area contributed by atoms with Crippen molar-refractivity contribution in [3.05, 3.63) is 89.8 Å². The van der Waals surface area contributed by atoms with Crippen molar-refractivity contribution in [2.24, 2.45) is 0 Å². The van der Waals surface area contributed by atoms with E-state index in [1.165, 1.54) is 21.3 Å². The summed E-state index contributed by atoms with van der Waals surface area (Å²) in [5, 5.41) is 2.97. The number of nitrogens with zero attached hydrogens (tertiary/aromatic N) is 2. The molecule has 0 radical (unpaired) electrons. The Labute approximate surface area is 198 Å². The number of imidazole rings is 1. The van der Waals surface area contributed by atoms with Crippen molar-refractivity contribution in [2.75, 3.05) is 21.3 Å². The Kier molecular flexibility index (Phi) is 7.13. The monoisotopic (exact) mass is 457 g/mol. The van der Waals surface area contributed by atoms with E-state index >= 15 is 0 Å². The van der Waals surface area contributed by atoms with Crippen LogP contribution in [0.25, 0.3) is 17.1 Å². The maximum atomic E-state index is 13.0. The Morgan fingerprint density at radius 3 is 2.29 bits per heavy atom. The molecule has 4 aromatic rings. The van der Waals surface area contributed by atoms with Crippen molar-refractivity contribution in [3.63, 3.8) is 0 Å². The van der Waals surface area contributed by atoms with Crippen LogP contribution in [0.2, 0.25) is 0 Å². The van der Waals surface area contributed by atoms with Crippen molar-refractivity contribution < 1.29 is 19.0 Å². The van der Waals surface area contributed by atoms with E-state index in [1.807, 2.05) is 42.5 Å². The molecule has 7 heteroatoms. The normalized spacial score (nSPS) is 11.0. The first-order chi connectivity index (χ1) is 16.6. The second kappa shape index (κ2) is 10.6. The zero-order chi connectivity index (χ0) is 23.9. The van der Waals surface area contributed by atoms with Crippen LogP contribution in [-0.4, -0.2) is 36.8 Å². The van der Waals surface area contributed by atoms with E-state index in [9.17, 15) is 4.79 Å². The lowest BCUT2D eigenvalue weighted by Gasteiger charge is -2.14. The molecule has 0 saturated carbocycles. The highest BCUT2D eigenvalue weighted by atomic mass is 16.5. The topological polar surface area (TPSA) is 74.6 Å². The van der Waals surface area contributed by atoms with E-state index in [4.69, 9.17) is 19.2 Å². The quantitative estimate of drug-likeness (QED) is 0.394. The third kappa shape index (κ3) is 4.88. The number of methoxy groups -OCH3 is 3. The van der Waals surface area contributed by atoms with Crippen LogP contribution in [0.5, 0.6) is 17.2 Å². The molecule has 7 nitrogen and oxygen atoms in total. The van der Waals surface area contributed by atoms with Gasteiger partial charge < -0.3 is 24.1 Å². The van der Waals surface area contributed by atoms with E-state index in [0.29, 0.717) is 29.4 Å². The van der Waals surface area contributed by atoms with Gasteiger partial charge in [-0.05, 0) is 29.8 Å². The SMILES string of the molecule is COc1cc(C(=O)NCc2nc3ccccc3n2C/C=C/c2ccccc2)cc(OC)c1OC. The van der Waals surface area contributed by atoms with Crippen LogP contribution in [-0.2, 0) is 13.1 Å². The van der Waals surface area contributed by atoms with Crippen molar-refractivity contribution in [2.45, 2.75) is 13.1 Å². The fourth-order valence-corrected chi connectivity index (χ4v) is 3.80. The Hall–Kier alpha value is -4.26. The minimum Gasteiger partial charge on any atom is -0.493 e. The Morgan fingerprint density at radius 2 is 1.62 bits per heavy atom. The molecule has 0 aliphatic rings. The van der Waals surface area contributed by atoms with Crippen LogP contribution in [0.15, 0.2) is 72.8 Å². The fourth-order valence-electron chi connectivity index (χ4n) is 3.80. The molecule has 1 aromatic heterocycles. The Bertz CT molecular complexity index is 1290. The van der Waals surface area contributed by atoms with Crippen LogP contribution in [0.4, 0.5) is 0 Å². The van der Waals surface area contributed by atoms with E-state index in [1.54, 1.807) is 12.1 Å². The standard InChI is InChI=1S/C27H27N3O4/c1-32-23-16-20(17-24(33-2)26(23)34-3)27(31)28-18-25-29-21-13-7-8-14-22(21)30(25)15-9-12-19-10-5-4-6-11-19/h4-14,16-17H,15,18H2,1-3H3,(H,28,31)/b12-9+. The third-order valence-corrected chi connectivity index (χ3v) is 5.47. The van der Waals surface area contributed by atoms with Crippen molar-refractivity contribution in [3.8, 4) is 17.2 Å². The van der Waals surface area contributed by atoms with Gasteiger partial charge >= 0.3 is 0 Å². The second-order valence-corrected chi connectivity index (χ2v) is 7.54. The molecule has 4 rings (SSSR count). The number of hydrogen-bond acceptors (Lipinski definition) is 5. The van der Waals surface area contributed by atoms with Crippen LogP contribution in [0, 0.1) is 0 Å². The lowest BCUT2D eigenvalue weighted by Crippen LogP contribution is -2.25. The zero-order valence-corrected chi connectivity index (χ0v) is 19.4. The highest BCUT2D eigenvalue weighted by Gasteiger charge is 2.18. The highest BCUT2D eigenvalue weighted by molar-refractivity contribution is 5.95. The molecule has 0 unspecified atom stereocenters. The molecular weight excluding hydrogens is 430 g/mol. The molecule has 0 aliphatic carbocycles. The van der Waals surface area contributed by atoms with Gasteiger partial charge in [0.05, 0.1) is 38.9 Å². The Morgan fingerprint density at radius 1 is 0.941 bits per heavy atom. The number of nitrogens with one attached hydrogen (secondary N) is 1. The molecular formula is C27H27N3O4. The van der Waals surface area contributed by atoms with Crippen molar-refractivity contribution in [1.29, 1.82) is 0 Å². The number of fused-ring (bicyclic) bond motifs is 1. The van der Waals surface area contributed by atoms with E-state index < -0.39 is 0 Å². The van der Waals surface area contributed by atoms with Crippen LogP contribution >= 0.6 is 0 Å². The van der Waals surface area contributed by atoms with Gasteiger partial charge in [0.2, 0.25) is 5.75 Å². The third-order valence-electron chi connectivity index (χ3n) is 5.47. The minimum atomic E-state index is -0.266. The van der Waals surface area contributed by atoms with Crippen molar-refractivity contribution in [1.82, 2.24) is 14.9 Å². The number of aromatic nitrogens is 2. The molecule has 1 amide bonds. The number of carbonyl (C=O) groups is 1. The molecule has 0 spiro atoms. The molecule has 1 N–H and O–H groups in total. The van der Waals surface area contributed by atoms with E-state index in [-0.39, 0.29) is 12.5 Å². The molecule has 0 bridgehead atoms. The number of para-hydroxylation sites is 2. The predicted molar refractivity (Wildman–Crippen MR) is 132 cm³/mol. The lowest BCUT2D eigenvalue weighted by molar-refractivity contribution is 0.0948. The average Bonchev–Trinajstić information content (AvgIpc) is 3.24. The first kappa shape index (κ1) is 22.9. The maximum Gasteiger partial charge on any atom is 0.251 e. The number of hydrogen-bond donors (Lipinski definition) is 1. The largest absolute Gasteiger partial charge is 0.493 e. The molecule has 0 aliphatic heterocycles. The number of rotatable bonds is 9. The van der Waals surface area contributed by atoms with E-state index in [0.717, 1.165) is 22.4 Å². The molecule has 0 fully saturated rings. The molecule has 1 heterocycles. The molecule has 3 aromatic carbocycles. The number of allylic oxidation sites excluding steroid dienone is 1. The summed E-state index contributed by atoms with van der Waals surface area (Å²) in [5.41, 5.74) is 3.43. The fraction of sp³-hybridized carbons (Fsp3) is 0.185. The molecule has 0 atom stereocenters. The zero-order valence-electron chi connectivity index (χ0n) is 19.4. The van der Waals surface area contributed by atoms with Crippen LogP contribution in [0.1, 0.15) is 21.7 Å². The first-order valence-electron chi connectivity index (χ1n) is 10.9. The van der Waals surface area contributed by atoms with Gasteiger partial charge in [0.15, 0.2) is 11.5 Å². The number of ether oxygens (including phenoxy) is 3. The van der Waals surface area contributed by atoms with Gasteiger partial charge in [0.1, 0.15) is 5.82 Å². The number of carbonyl (C=O) groups excluding carboxylic acids is 1. The summed E-state index contributed by atoms with van der Waals surface area (Å²) in [5.74, 6) is 1.78. The number of benzene rings is 3. The summed E-state index contributed by atoms with van der Waals surface area (Å²) in [6.45, 7) is 0.897. The summed E-state index contributed by atoms with van der Waals surface area (Å²) in [6.07, 6.45) is 4.17. The smallest absolute Gasteiger partial charge is 0.251 e. The minimum absolute atomic E-state index is 0.266. The van der Waals surface area contributed by atoms with Gasteiger partial charge in [0, 0.05) is 12.1 Å². The molecule has 174 valence electrons. The highest BCUT2D eigenvalue weighted by Crippen LogP contribution is 2.38. The number of amides is 1. The summed E-state index contributed by atoms with van der Waals surface area (Å²) in [6, 6.07) is 21.3. The summed E-state index contributed by atoms with van der Waals surface area (Å²) >= 11 is 0. The molecule has 34 heavy (non-hydrogen) atoms. The van der Waals surface area contributed by atoms with E-state index in [2.05, 4.69) is 34.2 Å². The van der Waals surface area contributed by atoms with Gasteiger partial charge in [-0.3, -0.25) is 4.79 Å². The van der Waals surface area contributed by atoms with Gasteiger partial charge in [-0.25, -0.2) is 4.98 Å². The Balaban J connectivity index is 1.56. The summed E-state index contributed by atoms with van der Waals surface area (Å²) < 4.78 is 18.2. The second-order valence-electron chi connectivity index (χ2n) is 7.54. The summed E-state index contributed by atoms with van der Waals surface area (Å²) in [4.78, 5) is 17.7. The van der Waals surface area contributed by atoms with Gasteiger partial charge in [-0.15, -0.1) is 0 Å². The van der Waals surface area contributed by atoms with Crippen LogP contribution in [0.3, 0.4) is 0 Å².